The molecule has 3 aromatic rings. The van der Waals surface area contributed by atoms with Gasteiger partial charge in [-0.25, -0.2) is 14.5 Å². The average molecular weight is 376 g/mol. The van der Waals surface area contributed by atoms with E-state index in [0.29, 0.717) is 5.56 Å². The highest BCUT2D eigenvalue weighted by Crippen LogP contribution is 2.32. The monoisotopic (exact) mass is 376 g/mol. The van der Waals surface area contributed by atoms with E-state index in [4.69, 9.17) is 4.74 Å². The first-order valence-electron chi connectivity index (χ1n) is 9.11. The number of hydrogen-bond acceptors (Lipinski definition) is 5. The van der Waals surface area contributed by atoms with Crippen molar-refractivity contribution < 1.29 is 14.3 Å². The third-order valence-electron chi connectivity index (χ3n) is 4.86. The number of anilines is 1. The number of esters is 1. The van der Waals surface area contributed by atoms with Crippen LogP contribution in [0.1, 0.15) is 29.8 Å². The van der Waals surface area contributed by atoms with E-state index in [1.165, 1.54) is 6.33 Å². The molecule has 0 radical (unpaired) electrons. The lowest BCUT2D eigenvalue weighted by atomic mass is 10.1. The van der Waals surface area contributed by atoms with Gasteiger partial charge in [-0.2, -0.15) is 5.10 Å². The summed E-state index contributed by atoms with van der Waals surface area (Å²) in [4.78, 5) is 31.0. The molecule has 0 unspecified atom stereocenters. The fourth-order valence-electron chi connectivity index (χ4n) is 3.47. The van der Waals surface area contributed by atoms with Crippen LogP contribution in [-0.4, -0.2) is 38.8 Å². The number of ether oxygens (including phenoxy) is 1. The maximum absolute atomic E-state index is 12.9. The maximum Gasteiger partial charge on any atom is 0.338 e. The van der Waals surface area contributed by atoms with Gasteiger partial charge < -0.3 is 9.64 Å². The van der Waals surface area contributed by atoms with Crippen LogP contribution < -0.4 is 4.90 Å². The molecule has 2 atom stereocenters. The van der Waals surface area contributed by atoms with E-state index in [1.807, 2.05) is 31.2 Å². The molecule has 1 aliphatic heterocycles. The van der Waals surface area contributed by atoms with Gasteiger partial charge in [-0.15, -0.1) is 0 Å². The van der Waals surface area contributed by atoms with Crippen LogP contribution in [0.15, 0.2) is 61.2 Å². The zero-order valence-electron chi connectivity index (χ0n) is 15.6. The fourth-order valence-corrected chi connectivity index (χ4v) is 3.47. The van der Waals surface area contributed by atoms with E-state index in [1.54, 1.807) is 47.1 Å². The number of amides is 1. The van der Waals surface area contributed by atoms with Crippen molar-refractivity contribution in [1.82, 2.24) is 14.8 Å². The van der Waals surface area contributed by atoms with Crippen molar-refractivity contribution in [2.24, 2.45) is 0 Å². The number of fused-ring (bicyclic) bond motifs is 1. The van der Waals surface area contributed by atoms with E-state index in [0.717, 1.165) is 23.4 Å². The highest BCUT2D eigenvalue weighted by Gasteiger charge is 2.34. The molecule has 0 fully saturated rings. The summed E-state index contributed by atoms with van der Waals surface area (Å²) in [5.74, 6) is -0.754. The molecule has 28 heavy (non-hydrogen) atoms. The van der Waals surface area contributed by atoms with Crippen LogP contribution in [0.2, 0.25) is 0 Å². The summed E-state index contributed by atoms with van der Waals surface area (Å²) in [7, 11) is 0. The molecular weight excluding hydrogens is 356 g/mol. The van der Waals surface area contributed by atoms with Gasteiger partial charge in [0.05, 0.1) is 11.3 Å². The third-order valence-corrected chi connectivity index (χ3v) is 4.86. The highest BCUT2D eigenvalue weighted by molar-refractivity contribution is 6.00. The van der Waals surface area contributed by atoms with Gasteiger partial charge in [-0.05, 0) is 56.2 Å². The number of benzene rings is 2. The highest BCUT2D eigenvalue weighted by atomic mass is 16.5. The average Bonchev–Trinajstić information content (AvgIpc) is 3.34. The molecule has 0 saturated carbocycles. The van der Waals surface area contributed by atoms with Gasteiger partial charge in [-0.3, -0.25) is 4.79 Å². The molecule has 2 heterocycles. The summed E-state index contributed by atoms with van der Waals surface area (Å²) in [6.45, 7) is 3.60. The minimum atomic E-state index is -0.879. The summed E-state index contributed by atoms with van der Waals surface area (Å²) in [6, 6.07) is 14.6. The predicted octanol–water partition coefficient (Wildman–Crippen LogP) is 2.79. The van der Waals surface area contributed by atoms with E-state index in [2.05, 4.69) is 10.1 Å². The first kappa shape index (κ1) is 17.9. The molecule has 1 aliphatic rings. The summed E-state index contributed by atoms with van der Waals surface area (Å²) in [5, 5.41) is 4.04. The Morgan fingerprint density at radius 3 is 2.61 bits per heavy atom. The molecule has 0 saturated heterocycles. The molecular formula is C21H20N4O3. The van der Waals surface area contributed by atoms with E-state index in [-0.39, 0.29) is 11.9 Å². The Hall–Kier alpha value is -3.48. The van der Waals surface area contributed by atoms with Gasteiger partial charge in [0.1, 0.15) is 12.7 Å². The summed E-state index contributed by atoms with van der Waals surface area (Å²) < 4.78 is 7.03. The second-order valence-electron chi connectivity index (χ2n) is 6.82. The van der Waals surface area contributed by atoms with E-state index < -0.39 is 12.1 Å². The van der Waals surface area contributed by atoms with Crippen molar-refractivity contribution >= 4 is 17.6 Å². The van der Waals surface area contributed by atoms with Crippen LogP contribution in [0, 0.1) is 0 Å². The van der Waals surface area contributed by atoms with Crippen molar-refractivity contribution in [1.29, 1.82) is 0 Å². The number of rotatable bonds is 4. The zero-order valence-corrected chi connectivity index (χ0v) is 15.6. The van der Waals surface area contributed by atoms with Gasteiger partial charge in [0, 0.05) is 11.7 Å². The topological polar surface area (TPSA) is 77.3 Å². The smallest absolute Gasteiger partial charge is 0.338 e. The molecule has 0 spiro atoms. The predicted molar refractivity (Wildman–Crippen MR) is 103 cm³/mol. The lowest BCUT2D eigenvalue weighted by molar-refractivity contribution is -0.126. The van der Waals surface area contributed by atoms with Gasteiger partial charge in [-0.1, -0.05) is 18.2 Å². The number of nitrogens with zero attached hydrogens (tertiary/aromatic N) is 4. The first-order valence-corrected chi connectivity index (χ1v) is 9.11. The fraction of sp³-hybridized carbons (Fsp3) is 0.238. The minimum Gasteiger partial charge on any atom is -0.449 e. The zero-order chi connectivity index (χ0) is 19.7. The molecule has 142 valence electrons. The number of carbonyl (C=O) groups is 2. The maximum atomic E-state index is 12.9. The molecule has 7 nitrogen and oxygen atoms in total. The van der Waals surface area contributed by atoms with Gasteiger partial charge in [0.2, 0.25) is 0 Å². The van der Waals surface area contributed by atoms with E-state index >= 15 is 0 Å². The Balaban J connectivity index is 1.45. The SMILES string of the molecule is C[C@H](OC(=O)c1ccc(-n2cncn2)cc1)C(=O)N1c2ccccc2C[C@@H]1C. The Morgan fingerprint density at radius 2 is 1.89 bits per heavy atom. The van der Waals surface area contributed by atoms with Gasteiger partial charge in [0.15, 0.2) is 6.10 Å². The Kier molecular flexibility index (Phi) is 4.65. The Bertz CT molecular complexity index is 999. The number of hydrogen-bond donors (Lipinski definition) is 0. The minimum absolute atomic E-state index is 0.0352. The second kappa shape index (κ2) is 7.26. The van der Waals surface area contributed by atoms with Crippen molar-refractivity contribution in [2.45, 2.75) is 32.4 Å². The molecule has 0 N–H and O–H groups in total. The van der Waals surface area contributed by atoms with Crippen LogP contribution in [0.4, 0.5) is 5.69 Å². The van der Waals surface area contributed by atoms with Crippen LogP contribution in [-0.2, 0) is 16.0 Å². The number of para-hydroxylation sites is 1. The molecule has 7 heteroatoms. The Morgan fingerprint density at radius 1 is 1.14 bits per heavy atom. The van der Waals surface area contributed by atoms with Crippen molar-refractivity contribution in [3.05, 3.63) is 72.3 Å². The Labute approximate surface area is 162 Å². The summed E-state index contributed by atoms with van der Waals surface area (Å²) in [5.41, 5.74) is 3.17. The normalized spacial score (nSPS) is 16.5. The second-order valence-corrected chi connectivity index (χ2v) is 6.82. The van der Waals surface area contributed by atoms with Crippen LogP contribution in [0.25, 0.3) is 5.69 Å². The molecule has 2 aromatic carbocycles. The van der Waals surface area contributed by atoms with Crippen molar-refractivity contribution in [3.8, 4) is 5.69 Å². The quantitative estimate of drug-likeness (QED) is 0.655. The van der Waals surface area contributed by atoms with Crippen LogP contribution >= 0.6 is 0 Å². The lowest BCUT2D eigenvalue weighted by Crippen LogP contribution is -2.43. The van der Waals surface area contributed by atoms with Gasteiger partial charge >= 0.3 is 5.97 Å². The standard InChI is InChI=1S/C21H20N4O3/c1-14-11-17-5-3-4-6-19(17)25(14)20(26)15(2)28-21(27)16-7-9-18(10-8-16)24-13-22-12-23-24/h3-10,12-15H,11H2,1-2H3/t14-,15-/m0/s1. The molecule has 1 aromatic heterocycles. The lowest BCUT2D eigenvalue weighted by Gasteiger charge is -2.26. The largest absolute Gasteiger partial charge is 0.449 e. The van der Waals surface area contributed by atoms with E-state index in [9.17, 15) is 9.59 Å². The van der Waals surface area contributed by atoms with Gasteiger partial charge in [0.25, 0.3) is 5.91 Å². The number of carbonyl (C=O) groups excluding carboxylic acids is 2. The summed E-state index contributed by atoms with van der Waals surface area (Å²) >= 11 is 0. The van der Waals surface area contributed by atoms with Crippen molar-refractivity contribution in [3.63, 3.8) is 0 Å². The molecule has 4 rings (SSSR count). The van der Waals surface area contributed by atoms with Crippen molar-refractivity contribution in [2.75, 3.05) is 4.90 Å². The third kappa shape index (κ3) is 3.26. The molecule has 0 aliphatic carbocycles. The molecule has 1 amide bonds. The van der Waals surface area contributed by atoms with Crippen LogP contribution in [0.3, 0.4) is 0 Å². The summed E-state index contributed by atoms with van der Waals surface area (Å²) in [6.07, 6.45) is 2.93. The van der Waals surface area contributed by atoms with Crippen LogP contribution in [0.5, 0.6) is 0 Å². The number of aromatic nitrogens is 3. The first-order chi connectivity index (χ1) is 13.5. The molecule has 0 bridgehead atoms.